The molecule has 1 amide bonds. The molecule has 1 saturated heterocycles. The quantitative estimate of drug-likeness (QED) is 0.281. The Labute approximate surface area is 249 Å². The fraction of sp³-hybridized carbons (Fsp3) is 0.355. The number of hydrogen-bond acceptors (Lipinski definition) is 8. The number of aryl methyl sites for hydroxylation is 2. The van der Waals surface area contributed by atoms with Crippen LogP contribution in [0.15, 0.2) is 53.6 Å². The van der Waals surface area contributed by atoms with Gasteiger partial charge in [0.15, 0.2) is 0 Å². The number of halogens is 1. The van der Waals surface area contributed by atoms with Crippen LogP contribution in [0, 0.1) is 5.82 Å². The monoisotopic (exact) mass is 589 g/mol. The van der Waals surface area contributed by atoms with Crippen LogP contribution in [0.25, 0.3) is 11.3 Å². The molecule has 4 aromatic heterocycles. The maximum absolute atomic E-state index is 15.0. The fourth-order valence-electron chi connectivity index (χ4n) is 4.99. The van der Waals surface area contributed by atoms with Crippen molar-refractivity contribution in [1.82, 2.24) is 19.4 Å². The Bertz CT molecular complexity index is 1640. The van der Waals surface area contributed by atoms with E-state index >= 15 is 4.39 Å². The maximum Gasteiger partial charge on any atom is 0.274 e. The zero-order chi connectivity index (χ0) is 30.0. The zero-order valence-corrected chi connectivity index (χ0v) is 25.4. The minimum absolute atomic E-state index is 0.0214. The molecule has 0 aliphatic carbocycles. The third-order valence-corrected chi connectivity index (χ3v) is 8.73. The predicted molar refractivity (Wildman–Crippen MR) is 168 cm³/mol. The number of pyridine rings is 3. The number of hydrogen-bond donors (Lipinski definition) is 2. The topological polar surface area (TPSA) is 95.4 Å². The molecule has 11 heteroatoms. The van der Waals surface area contributed by atoms with E-state index in [4.69, 9.17) is 0 Å². The molecule has 0 saturated carbocycles. The molecule has 1 aliphatic rings. The smallest absolute Gasteiger partial charge is 0.274 e. The van der Waals surface area contributed by atoms with Gasteiger partial charge in [0.25, 0.3) is 11.5 Å². The molecule has 0 bridgehead atoms. The van der Waals surface area contributed by atoms with Crippen molar-refractivity contribution in [3.8, 4) is 11.3 Å². The Morgan fingerprint density at radius 3 is 2.45 bits per heavy atom. The number of likely N-dealkylation sites (N-methyl/N-ethyl adjacent to an activating group) is 1. The molecule has 0 aromatic carbocycles. The van der Waals surface area contributed by atoms with Gasteiger partial charge in [0.05, 0.1) is 16.8 Å². The molecule has 1 fully saturated rings. The highest BCUT2D eigenvalue weighted by atomic mass is 32.1. The third kappa shape index (κ3) is 6.37. The standard InChI is InChI=1S/C31H36FN7O2S/c1-6-25-22(19(2)3)16-26(42-25)30(40)36-28-10-8-23(32)29(35-28)20-15-24(31(41)38(5)18-20)34-27-9-7-21(17-33-27)39-13-11-37(4)12-14-39/h7-10,15-19H,6,11-14H2,1-5H3,(H,33,34)(H,35,36,40). The lowest BCUT2D eigenvalue weighted by molar-refractivity contribution is 0.103. The number of amides is 1. The minimum Gasteiger partial charge on any atom is -0.368 e. The molecule has 0 spiro atoms. The van der Waals surface area contributed by atoms with Gasteiger partial charge < -0.3 is 25.0 Å². The summed E-state index contributed by atoms with van der Waals surface area (Å²) in [7, 11) is 3.71. The van der Waals surface area contributed by atoms with Crippen LogP contribution in [0.5, 0.6) is 0 Å². The molecule has 42 heavy (non-hydrogen) atoms. The van der Waals surface area contributed by atoms with Crippen molar-refractivity contribution in [1.29, 1.82) is 0 Å². The van der Waals surface area contributed by atoms with Gasteiger partial charge in [0.1, 0.15) is 28.8 Å². The van der Waals surface area contributed by atoms with Crippen molar-refractivity contribution in [2.75, 3.05) is 48.8 Å². The number of rotatable bonds is 8. The SMILES string of the molecule is CCc1sc(C(=O)Nc2ccc(F)c(-c3cc(Nc4ccc(N5CCN(C)CC5)cn4)c(=O)n(C)c3)n2)cc1C(C)C. The van der Waals surface area contributed by atoms with E-state index < -0.39 is 5.82 Å². The second-order valence-corrected chi connectivity index (χ2v) is 12.0. The first-order valence-electron chi connectivity index (χ1n) is 14.1. The number of piperazine rings is 1. The van der Waals surface area contributed by atoms with Crippen LogP contribution in [-0.2, 0) is 13.5 Å². The third-order valence-electron chi connectivity index (χ3n) is 7.43. The number of nitrogens with one attached hydrogen (secondary N) is 2. The van der Waals surface area contributed by atoms with Gasteiger partial charge >= 0.3 is 0 Å². The van der Waals surface area contributed by atoms with Crippen LogP contribution in [0.1, 0.15) is 46.8 Å². The van der Waals surface area contributed by atoms with Gasteiger partial charge in [-0.25, -0.2) is 14.4 Å². The van der Waals surface area contributed by atoms with Gasteiger partial charge in [-0.1, -0.05) is 20.8 Å². The molecule has 2 N–H and O–H groups in total. The summed E-state index contributed by atoms with van der Waals surface area (Å²) in [6.45, 7) is 10.1. The lowest BCUT2D eigenvalue weighted by atomic mass is 10.0. The van der Waals surface area contributed by atoms with Gasteiger partial charge in [-0.15, -0.1) is 11.3 Å². The number of anilines is 4. The van der Waals surface area contributed by atoms with Crippen molar-refractivity contribution < 1.29 is 9.18 Å². The number of aromatic nitrogens is 3. The molecule has 220 valence electrons. The van der Waals surface area contributed by atoms with E-state index in [0.29, 0.717) is 22.2 Å². The first-order valence-corrected chi connectivity index (χ1v) is 14.9. The molecular weight excluding hydrogens is 553 g/mol. The molecule has 5 rings (SSSR count). The Morgan fingerprint density at radius 1 is 1.07 bits per heavy atom. The summed E-state index contributed by atoms with van der Waals surface area (Å²) in [6.07, 6.45) is 4.16. The Balaban J connectivity index is 1.37. The number of nitrogens with zero attached hydrogens (tertiary/aromatic N) is 5. The van der Waals surface area contributed by atoms with Crippen LogP contribution in [0.4, 0.5) is 27.4 Å². The normalized spacial score (nSPS) is 13.9. The summed E-state index contributed by atoms with van der Waals surface area (Å²) in [5, 5.41) is 5.89. The first kappa shape index (κ1) is 29.4. The number of thiophene rings is 1. The second kappa shape index (κ2) is 12.4. The largest absolute Gasteiger partial charge is 0.368 e. The average Bonchev–Trinajstić information content (AvgIpc) is 3.43. The number of carbonyl (C=O) groups is 1. The molecule has 9 nitrogen and oxygen atoms in total. The van der Waals surface area contributed by atoms with E-state index in [1.54, 1.807) is 19.3 Å². The summed E-state index contributed by atoms with van der Waals surface area (Å²) in [4.78, 5) is 41.2. The fourth-order valence-corrected chi connectivity index (χ4v) is 6.14. The number of carbonyl (C=O) groups excluding carboxylic acids is 1. The molecule has 5 heterocycles. The van der Waals surface area contributed by atoms with E-state index in [2.05, 4.69) is 58.2 Å². The van der Waals surface area contributed by atoms with Crippen LogP contribution >= 0.6 is 11.3 Å². The van der Waals surface area contributed by atoms with E-state index in [-0.39, 0.29) is 28.7 Å². The van der Waals surface area contributed by atoms with Crippen LogP contribution < -0.4 is 21.1 Å². The average molecular weight is 590 g/mol. The molecule has 0 atom stereocenters. The lowest BCUT2D eigenvalue weighted by Gasteiger charge is -2.33. The van der Waals surface area contributed by atoms with Crippen LogP contribution in [0.3, 0.4) is 0 Å². The van der Waals surface area contributed by atoms with Gasteiger partial charge in [-0.3, -0.25) is 9.59 Å². The van der Waals surface area contributed by atoms with Crippen LogP contribution in [0.2, 0.25) is 0 Å². The summed E-state index contributed by atoms with van der Waals surface area (Å²) < 4.78 is 16.4. The lowest BCUT2D eigenvalue weighted by Crippen LogP contribution is -2.44. The molecule has 0 radical (unpaired) electrons. The van der Waals surface area contributed by atoms with E-state index in [1.165, 1.54) is 39.1 Å². The van der Waals surface area contributed by atoms with E-state index in [1.807, 2.05) is 18.2 Å². The summed E-state index contributed by atoms with van der Waals surface area (Å²) in [6, 6.07) is 9.97. The molecule has 1 aliphatic heterocycles. The summed E-state index contributed by atoms with van der Waals surface area (Å²) in [5.41, 5.74) is 2.53. The molecule has 4 aromatic rings. The van der Waals surface area contributed by atoms with Crippen molar-refractivity contribution in [3.63, 3.8) is 0 Å². The van der Waals surface area contributed by atoms with E-state index in [0.717, 1.165) is 43.9 Å². The van der Waals surface area contributed by atoms with Gasteiger partial charge in [0, 0.05) is 49.9 Å². The first-order chi connectivity index (χ1) is 20.1. The minimum atomic E-state index is -0.571. The summed E-state index contributed by atoms with van der Waals surface area (Å²) >= 11 is 1.46. The van der Waals surface area contributed by atoms with Crippen LogP contribution in [-0.4, -0.2) is 58.6 Å². The van der Waals surface area contributed by atoms with Crippen molar-refractivity contribution >= 4 is 40.3 Å². The van der Waals surface area contributed by atoms with Gasteiger partial charge in [-0.05, 0) is 61.3 Å². The Morgan fingerprint density at radius 2 is 1.81 bits per heavy atom. The Hall–Kier alpha value is -4.09. The van der Waals surface area contributed by atoms with Crippen molar-refractivity contribution in [2.45, 2.75) is 33.1 Å². The van der Waals surface area contributed by atoms with Crippen molar-refractivity contribution in [2.24, 2.45) is 7.05 Å². The van der Waals surface area contributed by atoms with Gasteiger partial charge in [-0.2, -0.15) is 0 Å². The second-order valence-electron chi connectivity index (χ2n) is 10.9. The van der Waals surface area contributed by atoms with Gasteiger partial charge in [0.2, 0.25) is 0 Å². The van der Waals surface area contributed by atoms with E-state index in [9.17, 15) is 9.59 Å². The predicted octanol–water partition coefficient (Wildman–Crippen LogP) is 5.48. The zero-order valence-electron chi connectivity index (χ0n) is 24.6. The Kier molecular flexibility index (Phi) is 8.69. The highest BCUT2D eigenvalue weighted by Gasteiger charge is 2.19. The van der Waals surface area contributed by atoms with Crippen molar-refractivity contribution in [3.05, 3.63) is 80.3 Å². The molecule has 0 unspecified atom stereocenters. The highest BCUT2D eigenvalue weighted by molar-refractivity contribution is 7.14. The molecular formula is C31H36FN7O2S. The highest BCUT2D eigenvalue weighted by Crippen LogP contribution is 2.30. The summed E-state index contributed by atoms with van der Waals surface area (Å²) in [5.74, 6) is 0.170. The maximum atomic E-state index is 15.0.